The predicted octanol–water partition coefficient (Wildman–Crippen LogP) is 0.398. The van der Waals surface area contributed by atoms with E-state index in [0.29, 0.717) is 6.54 Å². The first kappa shape index (κ1) is 11.7. The van der Waals surface area contributed by atoms with E-state index in [2.05, 4.69) is 15.4 Å². The van der Waals surface area contributed by atoms with Gasteiger partial charge in [0.25, 0.3) is 0 Å². The van der Waals surface area contributed by atoms with Crippen LogP contribution in [0.1, 0.15) is 5.56 Å². The molecule has 2 aromatic rings. The van der Waals surface area contributed by atoms with E-state index in [9.17, 15) is 4.79 Å². The van der Waals surface area contributed by atoms with Gasteiger partial charge in [-0.1, -0.05) is 18.2 Å². The normalized spacial score (nSPS) is 16.7. The van der Waals surface area contributed by atoms with Crippen LogP contribution in [0, 0.1) is 0 Å². The lowest BCUT2D eigenvalue weighted by Gasteiger charge is -2.11. The van der Waals surface area contributed by atoms with E-state index < -0.39 is 0 Å². The number of rotatable bonds is 4. The lowest BCUT2D eigenvalue weighted by Crippen LogP contribution is -2.36. The third-order valence-corrected chi connectivity index (χ3v) is 3.01. The molecule has 2 heterocycles. The van der Waals surface area contributed by atoms with Gasteiger partial charge in [-0.3, -0.25) is 4.79 Å². The van der Waals surface area contributed by atoms with E-state index in [1.54, 1.807) is 0 Å². The summed E-state index contributed by atoms with van der Waals surface area (Å²) in [5.74, 6) is 0.822. The molecule has 6 nitrogen and oxygen atoms in total. The van der Waals surface area contributed by atoms with Crippen molar-refractivity contribution in [1.82, 2.24) is 20.1 Å². The minimum atomic E-state index is -0.0925. The predicted molar refractivity (Wildman–Crippen MR) is 67.6 cm³/mol. The standard InChI is InChI=1S/C13H14N4O2/c18-13(7-17-9-14-8-16-17)15-6-11-5-10-3-1-2-4-12(10)19-11/h1-4,8-9,11H,5-7H2,(H,15,18). The molecule has 0 radical (unpaired) electrons. The van der Waals surface area contributed by atoms with Crippen LogP contribution in [0.5, 0.6) is 5.75 Å². The number of ether oxygens (including phenoxy) is 1. The van der Waals surface area contributed by atoms with Gasteiger partial charge in [0.15, 0.2) is 0 Å². The Morgan fingerprint density at radius 3 is 3.16 bits per heavy atom. The van der Waals surface area contributed by atoms with E-state index in [4.69, 9.17) is 4.74 Å². The second-order valence-electron chi connectivity index (χ2n) is 4.45. The molecule has 1 aromatic carbocycles. The summed E-state index contributed by atoms with van der Waals surface area (Å²) in [6, 6.07) is 7.94. The van der Waals surface area contributed by atoms with Crippen LogP contribution >= 0.6 is 0 Å². The Labute approximate surface area is 110 Å². The van der Waals surface area contributed by atoms with Crippen LogP contribution in [0.2, 0.25) is 0 Å². The highest BCUT2D eigenvalue weighted by molar-refractivity contribution is 5.75. The molecule has 0 fully saturated rings. The number of hydrogen-bond acceptors (Lipinski definition) is 4. The molecule has 1 unspecified atom stereocenters. The molecular weight excluding hydrogens is 244 g/mol. The van der Waals surface area contributed by atoms with Crippen molar-refractivity contribution in [3.8, 4) is 5.75 Å². The molecule has 0 aliphatic carbocycles. The Hall–Kier alpha value is -2.37. The Morgan fingerprint density at radius 2 is 2.37 bits per heavy atom. The number of fused-ring (bicyclic) bond motifs is 1. The fourth-order valence-corrected chi connectivity index (χ4v) is 2.11. The Balaban J connectivity index is 1.48. The van der Waals surface area contributed by atoms with Crippen LogP contribution in [-0.2, 0) is 17.8 Å². The fraction of sp³-hybridized carbons (Fsp3) is 0.308. The first-order chi connectivity index (χ1) is 9.31. The maximum absolute atomic E-state index is 11.7. The summed E-state index contributed by atoms with van der Waals surface area (Å²) >= 11 is 0. The largest absolute Gasteiger partial charge is 0.488 e. The highest BCUT2D eigenvalue weighted by Gasteiger charge is 2.22. The number of nitrogens with zero attached hydrogens (tertiary/aromatic N) is 3. The average molecular weight is 258 g/mol. The van der Waals surface area contributed by atoms with E-state index in [0.717, 1.165) is 12.2 Å². The quantitative estimate of drug-likeness (QED) is 0.861. The second-order valence-corrected chi connectivity index (χ2v) is 4.45. The van der Waals surface area contributed by atoms with Crippen LogP contribution < -0.4 is 10.1 Å². The molecule has 1 N–H and O–H groups in total. The molecule has 1 aliphatic heterocycles. The molecule has 6 heteroatoms. The van der Waals surface area contributed by atoms with Gasteiger partial charge in [0, 0.05) is 6.42 Å². The topological polar surface area (TPSA) is 69.0 Å². The van der Waals surface area contributed by atoms with Crippen LogP contribution in [-0.4, -0.2) is 33.3 Å². The number of nitrogens with one attached hydrogen (secondary N) is 1. The molecule has 0 spiro atoms. The van der Waals surface area contributed by atoms with Crippen LogP contribution in [0.3, 0.4) is 0 Å². The molecule has 0 saturated heterocycles. The summed E-state index contributed by atoms with van der Waals surface area (Å²) in [7, 11) is 0. The van der Waals surface area contributed by atoms with Crippen molar-refractivity contribution < 1.29 is 9.53 Å². The zero-order valence-electron chi connectivity index (χ0n) is 10.3. The molecule has 1 atom stereocenters. The van der Waals surface area contributed by atoms with E-state index in [1.165, 1.54) is 22.9 Å². The summed E-state index contributed by atoms with van der Waals surface area (Å²) in [6.07, 6.45) is 3.77. The molecule has 0 bridgehead atoms. The summed E-state index contributed by atoms with van der Waals surface area (Å²) in [6.45, 7) is 0.682. The number of carbonyl (C=O) groups excluding carboxylic acids is 1. The first-order valence-corrected chi connectivity index (χ1v) is 6.15. The minimum absolute atomic E-state index is 0.0112. The van der Waals surface area contributed by atoms with Crippen molar-refractivity contribution in [2.75, 3.05) is 6.54 Å². The van der Waals surface area contributed by atoms with Crippen molar-refractivity contribution >= 4 is 5.91 Å². The number of benzene rings is 1. The van der Waals surface area contributed by atoms with E-state index >= 15 is 0 Å². The monoisotopic (exact) mass is 258 g/mol. The molecule has 98 valence electrons. The lowest BCUT2D eigenvalue weighted by molar-refractivity contribution is -0.122. The van der Waals surface area contributed by atoms with Gasteiger partial charge in [-0.15, -0.1) is 0 Å². The van der Waals surface area contributed by atoms with E-state index in [1.807, 2.05) is 24.3 Å². The van der Waals surface area contributed by atoms with Gasteiger partial charge < -0.3 is 10.1 Å². The fourth-order valence-electron chi connectivity index (χ4n) is 2.11. The van der Waals surface area contributed by atoms with Gasteiger partial charge in [0.1, 0.15) is 31.1 Å². The van der Waals surface area contributed by atoms with E-state index in [-0.39, 0.29) is 18.6 Å². The minimum Gasteiger partial charge on any atom is -0.488 e. The van der Waals surface area contributed by atoms with Crippen molar-refractivity contribution in [3.63, 3.8) is 0 Å². The van der Waals surface area contributed by atoms with Crippen molar-refractivity contribution in [2.45, 2.75) is 19.1 Å². The molecule has 1 aliphatic rings. The summed E-state index contributed by atoms with van der Waals surface area (Å²) in [5, 5.41) is 6.73. The number of carbonyl (C=O) groups is 1. The van der Waals surface area contributed by atoms with Crippen LogP contribution in [0.4, 0.5) is 0 Å². The van der Waals surface area contributed by atoms with Gasteiger partial charge in [0.2, 0.25) is 5.91 Å². The van der Waals surface area contributed by atoms with Crippen LogP contribution in [0.25, 0.3) is 0 Å². The number of aromatic nitrogens is 3. The van der Waals surface area contributed by atoms with Gasteiger partial charge in [-0.05, 0) is 11.6 Å². The molecule has 0 saturated carbocycles. The Morgan fingerprint density at radius 1 is 1.47 bits per heavy atom. The Bertz CT molecular complexity index is 543. The first-order valence-electron chi connectivity index (χ1n) is 6.15. The lowest BCUT2D eigenvalue weighted by atomic mass is 10.1. The maximum Gasteiger partial charge on any atom is 0.241 e. The highest BCUT2D eigenvalue weighted by Crippen LogP contribution is 2.27. The molecule has 1 amide bonds. The summed E-state index contributed by atoms with van der Waals surface area (Å²) in [4.78, 5) is 15.5. The molecule has 3 rings (SSSR count). The van der Waals surface area contributed by atoms with Crippen molar-refractivity contribution in [2.24, 2.45) is 0 Å². The highest BCUT2D eigenvalue weighted by atomic mass is 16.5. The van der Waals surface area contributed by atoms with Crippen molar-refractivity contribution in [1.29, 1.82) is 0 Å². The number of para-hydroxylation sites is 1. The molecular formula is C13H14N4O2. The Kier molecular flexibility index (Phi) is 3.14. The smallest absolute Gasteiger partial charge is 0.241 e. The van der Waals surface area contributed by atoms with Gasteiger partial charge in [0.05, 0.1) is 6.54 Å². The second kappa shape index (κ2) is 5.09. The summed E-state index contributed by atoms with van der Waals surface area (Å²) in [5.41, 5.74) is 1.19. The van der Waals surface area contributed by atoms with Crippen molar-refractivity contribution in [3.05, 3.63) is 42.5 Å². The van der Waals surface area contributed by atoms with Gasteiger partial charge in [-0.2, -0.15) is 5.10 Å². The zero-order valence-corrected chi connectivity index (χ0v) is 10.3. The third-order valence-electron chi connectivity index (χ3n) is 3.01. The number of hydrogen-bond donors (Lipinski definition) is 1. The average Bonchev–Trinajstić information content (AvgIpc) is 3.04. The molecule has 19 heavy (non-hydrogen) atoms. The SMILES string of the molecule is O=C(Cn1cncn1)NCC1Cc2ccccc2O1. The summed E-state index contributed by atoms with van der Waals surface area (Å²) < 4.78 is 7.23. The van der Waals surface area contributed by atoms with Crippen LogP contribution in [0.15, 0.2) is 36.9 Å². The molecule has 1 aromatic heterocycles. The van der Waals surface area contributed by atoms with Gasteiger partial charge >= 0.3 is 0 Å². The zero-order chi connectivity index (χ0) is 13.1. The maximum atomic E-state index is 11.7. The third kappa shape index (κ3) is 2.73. The number of amides is 1. The van der Waals surface area contributed by atoms with Gasteiger partial charge in [-0.25, -0.2) is 9.67 Å².